The number of methoxy groups -OCH3 is 1. The van der Waals surface area contributed by atoms with Crippen molar-refractivity contribution in [1.29, 1.82) is 0 Å². The Kier molecular flexibility index (Phi) is 3.69. The highest BCUT2D eigenvalue weighted by atomic mass is 127. The van der Waals surface area contributed by atoms with Crippen LogP contribution < -0.4 is 4.74 Å². The van der Waals surface area contributed by atoms with E-state index in [1.807, 2.05) is 31.2 Å². The summed E-state index contributed by atoms with van der Waals surface area (Å²) in [4.78, 5) is 4.40. The molecule has 74 valence electrons. The number of ether oxygens (including phenoxy) is 1. The molecule has 2 aromatic rings. The van der Waals surface area contributed by atoms with Gasteiger partial charge in [-0.3, -0.25) is 4.98 Å². The molecule has 0 aliphatic heterocycles. The summed E-state index contributed by atoms with van der Waals surface area (Å²) in [5, 5.41) is 1.12. The molecule has 2 nitrogen and oxygen atoms in total. The molecule has 2 rings (SSSR count). The monoisotopic (exact) mass is 301 g/mol. The molecule has 0 bridgehead atoms. The van der Waals surface area contributed by atoms with Crippen molar-refractivity contribution in [3.8, 4) is 5.75 Å². The number of aromatic nitrogens is 1. The molecule has 0 saturated heterocycles. The lowest BCUT2D eigenvalue weighted by atomic mass is 10.2. The molecule has 1 aromatic heterocycles. The van der Waals surface area contributed by atoms with Gasteiger partial charge in [0.25, 0.3) is 0 Å². The maximum Gasteiger partial charge on any atom is 0.119 e. The summed E-state index contributed by atoms with van der Waals surface area (Å²) in [6, 6.07) is 9.94. The largest absolute Gasteiger partial charge is 0.497 e. The summed E-state index contributed by atoms with van der Waals surface area (Å²) in [6.45, 7) is 1.99. The minimum atomic E-state index is 0. The van der Waals surface area contributed by atoms with Gasteiger partial charge in [0.05, 0.1) is 12.6 Å². The first-order valence-corrected chi connectivity index (χ1v) is 4.21. The summed E-state index contributed by atoms with van der Waals surface area (Å²) in [6.07, 6.45) is 0. The number of aryl methyl sites for hydroxylation is 1. The van der Waals surface area contributed by atoms with Crippen molar-refractivity contribution in [2.24, 2.45) is 0 Å². The van der Waals surface area contributed by atoms with Crippen LogP contribution >= 0.6 is 24.0 Å². The molecule has 0 aliphatic rings. The quantitative estimate of drug-likeness (QED) is 0.755. The van der Waals surface area contributed by atoms with Gasteiger partial charge in [-0.25, -0.2) is 0 Å². The average Bonchev–Trinajstić information content (AvgIpc) is 2.17. The molecule has 14 heavy (non-hydrogen) atoms. The normalized spacial score (nSPS) is 9.57. The number of benzene rings is 1. The highest BCUT2D eigenvalue weighted by Crippen LogP contribution is 2.18. The van der Waals surface area contributed by atoms with Crippen molar-refractivity contribution in [2.45, 2.75) is 6.92 Å². The minimum absolute atomic E-state index is 0. The molecule has 1 heterocycles. The van der Waals surface area contributed by atoms with Crippen molar-refractivity contribution >= 4 is 34.9 Å². The fourth-order valence-electron chi connectivity index (χ4n) is 1.33. The third-order valence-electron chi connectivity index (χ3n) is 2.04. The van der Waals surface area contributed by atoms with Crippen molar-refractivity contribution in [3.63, 3.8) is 0 Å². The van der Waals surface area contributed by atoms with E-state index < -0.39 is 0 Å². The van der Waals surface area contributed by atoms with E-state index in [2.05, 4.69) is 11.1 Å². The second-order valence-corrected chi connectivity index (χ2v) is 3.01. The second-order valence-electron chi connectivity index (χ2n) is 3.01. The Labute approximate surface area is 100 Å². The zero-order chi connectivity index (χ0) is 9.26. The van der Waals surface area contributed by atoms with Crippen molar-refractivity contribution in [3.05, 3.63) is 36.0 Å². The molecule has 0 fully saturated rings. The fraction of sp³-hybridized carbons (Fsp3) is 0.182. The van der Waals surface area contributed by atoms with E-state index in [0.29, 0.717) is 0 Å². The number of hydrogen-bond donors (Lipinski definition) is 0. The number of halogens is 1. The standard InChI is InChI=1S/C11H11NO.HI/c1-8-3-4-9-7-10(13-2)5-6-11(9)12-8;/h3-7H,1-2H3;1H. The van der Waals surface area contributed by atoms with Gasteiger partial charge in [-0.05, 0) is 31.2 Å². The van der Waals surface area contributed by atoms with Gasteiger partial charge in [0.1, 0.15) is 5.75 Å². The van der Waals surface area contributed by atoms with Crippen molar-refractivity contribution in [2.75, 3.05) is 7.11 Å². The van der Waals surface area contributed by atoms with Crippen molar-refractivity contribution < 1.29 is 4.74 Å². The van der Waals surface area contributed by atoms with E-state index in [9.17, 15) is 0 Å². The Hall–Kier alpha value is -0.840. The van der Waals surface area contributed by atoms with Gasteiger partial charge >= 0.3 is 0 Å². The first-order valence-electron chi connectivity index (χ1n) is 4.21. The van der Waals surface area contributed by atoms with Gasteiger partial charge in [-0.2, -0.15) is 0 Å². The van der Waals surface area contributed by atoms with Gasteiger partial charge < -0.3 is 4.74 Å². The Bertz CT molecular complexity index is 442. The number of hydrogen-bond acceptors (Lipinski definition) is 2. The summed E-state index contributed by atoms with van der Waals surface area (Å²) >= 11 is 0. The first-order chi connectivity index (χ1) is 6.29. The van der Waals surface area contributed by atoms with Crippen LogP contribution in [0, 0.1) is 6.92 Å². The Morgan fingerprint density at radius 1 is 1.14 bits per heavy atom. The molecule has 1 aromatic carbocycles. The van der Waals surface area contributed by atoms with Crippen LogP contribution in [0.25, 0.3) is 10.9 Å². The molecule has 0 unspecified atom stereocenters. The van der Waals surface area contributed by atoms with E-state index in [1.165, 1.54) is 0 Å². The highest BCUT2D eigenvalue weighted by molar-refractivity contribution is 14.0. The van der Waals surface area contributed by atoms with Crippen LogP contribution in [0.2, 0.25) is 0 Å². The molecule has 0 atom stereocenters. The molecular formula is C11H12INO. The summed E-state index contributed by atoms with van der Waals surface area (Å²) in [5.41, 5.74) is 2.05. The van der Waals surface area contributed by atoms with Crippen LogP contribution in [0.4, 0.5) is 0 Å². The van der Waals surface area contributed by atoms with Crippen LogP contribution in [0.15, 0.2) is 30.3 Å². The molecule has 0 N–H and O–H groups in total. The summed E-state index contributed by atoms with van der Waals surface area (Å²) in [5.74, 6) is 0.873. The molecule has 3 heteroatoms. The van der Waals surface area contributed by atoms with Gasteiger partial charge in [0, 0.05) is 11.1 Å². The highest BCUT2D eigenvalue weighted by Gasteiger charge is 1.96. The zero-order valence-corrected chi connectivity index (χ0v) is 10.5. The summed E-state index contributed by atoms with van der Waals surface area (Å²) < 4.78 is 5.12. The van der Waals surface area contributed by atoms with E-state index in [1.54, 1.807) is 7.11 Å². The first kappa shape index (κ1) is 11.2. The van der Waals surface area contributed by atoms with Crippen LogP contribution in [-0.2, 0) is 0 Å². The van der Waals surface area contributed by atoms with Gasteiger partial charge in [0.2, 0.25) is 0 Å². The molecule has 0 spiro atoms. The number of pyridine rings is 1. The second kappa shape index (κ2) is 4.59. The average molecular weight is 301 g/mol. The van der Waals surface area contributed by atoms with Crippen LogP contribution in [0.1, 0.15) is 5.69 Å². The van der Waals surface area contributed by atoms with E-state index in [0.717, 1.165) is 22.3 Å². The third-order valence-corrected chi connectivity index (χ3v) is 2.04. The maximum absolute atomic E-state index is 5.12. The Balaban J connectivity index is 0.000000980. The number of nitrogens with zero attached hydrogens (tertiary/aromatic N) is 1. The van der Waals surface area contributed by atoms with Gasteiger partial charge in [-0.15, -0.1) is 24.0 Å². The molecule has 0 saturated carbocycles. The van der Waals surface area contributed by atoms with E-state index in [-0.39, 0.29) is 24.0 Å². The lowest BCUT2D eigenvalue weighted by molar-refractivity contribution is 0.415. The van der Waals surface area contributed by atoms with Crippen LogP contribution in [0.3, 0.4) is 0 Å². The SMILES string of the molecule is COc1ccc2nc(C)ccc2c1.I. The topological polar surface area (TPSA) is 22.1 Å². The van der Waals surface area contributed by atoms with Gasteiger partial charge in [-0.1, -0.05) is 6.07 Å². The van der Waals surface area contributed by atoms with E-state index in [4.69, 9.17) is 4.74 Å². The molecule has 0 aliphatic carbocycles. The fourth-order valence-corrected chi connectivity index (χ4v) is 1.33. The lowest BCUT2D eigenvalue weighted by Gasteiger charge is -2.02. The number of fused-ring (bicyclic) bond motifs is 1. The molecule has 0 radical (unpaired) electrons. The number of rotatable bonds is 1. The predicted octanol–water partition coefficient (Wildman–Crippen LogP) is 3.17. The van der Waals surface area contributed by atoms with E-state index >= 15 is 0 Å². The maximum atomic E-state index is 5.12. The molecule has 0 amide bonds. The Morgan fingerprint density at radius 3 is 2.64 bits per heavy atom. The third kappa shape index (κ3) is 2.15. The smallest absolute Gasteiger partial charge is 0.119 e. The van der Waals surface area contributed by atoms with Crippen LogP contribution in [-0.4, -0.2) is 12.1 Å². The minimum Gasteiger partial charge on any atom is -0.497 e. The lowest BCUT2D eigenvalue weighted by Crippen LogP contribution is -1.85. The van der Waals surface area contributed by atoms with Crippen LogP contribution in [0.5, 0.6) is 5.75 Å². The predicted molar refractivity (Wildman–Crippen MR) is 68.4 cm³/mol. The Morgan fingerprint density at radius 2 is 1.93 bits per heavy atom. The zero-order valence-electron chi connectivity index (χ0n) is 8.15. The molecular weight excluding hydrogens is 289 g/mol. The van der Waals surface area contributed by atoms with Gasteiger partial charge in [0.15, 0.2) is 0 Å². The van der Waals surface area contributed by atoms with Crippen molar-refractivity contribution in [1.82, 2.24) is 4.98 Å². The summed E-state index contributed by atoms with van der Waals surface area (Å²) in [7, 11) is 1.67.